The lowest BCUT2D eigenvalue weighted by atomic mass is 9.81. The van der Waals surface area contributed by atoms with Crippen molar-refractivity contribution < 1.29 is 19.7 Å². The highest BCUT2D eigenvalue weighted by atomic mass is 79.9. The van der Waals surface area contributed by atoms with Gasteiger partial charge in [0, 0.05) is 24.0 Å². The van der Waals surface area contributed by atoms with Crippen LogP contribution < -0.4 is 10.1 Å². The zero-order chi connectivity index (χ0) is 66.1. The van der Waals surface area contributed by atoms with Gasteiger partial charge in [-0.05, 0) is 221 Å². The molecule has 0 unspecified atom stereocenters. The van der Waals surface area contributed by atoms with Gasteiger partial charge in [-0.1, -0.05) is 309 Å². The van der Waals surface area contributed by atoms with Gasteiger partial charge in [0.15, 0.2) is 0 Å². The Labute approximate surface area is 589 Å². The van der Waals surface area contributed by atoms with Crippen LogP contribution in [0.2, 0.25) is 15.1 Å². The first kappa shape index (κ1) is 68.6. The maximum absolute atomic E-state index is 8.68. The Morgan fingerprint density at radius 2 is 0.495 bits per heavy atom. The number of halogens is 5. The molecule has 14 aromatic carbocycles. The van der Waals surface area contributed by atoms with Crippen molar-refractivity contribution in [2.24, 2.45) is 0 Å². The topological polar surface area (TPSA) is 69.9 Å². The molecule has 0 aliphatic rings. The van der Waals surface area contributed by atoms with Crippen molar-refractivity contribution in [3.8, 4) is 106 Å². The molecule has 3 N–H and O–H groups in total. The predicted octanol–water partition coefficient (Wildman–Crippen LogP) is 23.5. The van der Waals surface area contributed by atoms with Gasteiger partial charge in [0.2, 0.25) is 0 Å². The van der Waals surface area contributed by atoms with Crippen molar-refractivity contribution in [3.63, 3.8) is 0 Å². The summed E-state index contributed by atoms with van der Waals surface area (Å²) in [6.07, 6.45) is 0. The summed E-state index contributed by atoms with van der Waals surface area (Å²) in [4.78, 5) is 0. The average Bonchev–Trinajstić information content (AvgIpc) is 0.925. The summed E-state index contributed by atoms with van der Waals surface area (Å²) < 4.78 is 6.57. The van der Waals surface area contributed by atoms with Crippen LogP contribution in [-0.2, 0) is 0 Å². The first-order chi connectivity index (χ1) is 46.4. The van der Waals surface area contributed by atoms with Crippen molar-refractivity contribution in [1.29, 1.82) is 0 Å². The van der Waals surface area contributed by atoms with Crippen LogP contribution in [-0.4, -0.2) is 29.9 Å². The van der Waals surface area contributed by atoms with Gasteiger partial charge in [-0.2, -0.15) is 0 Å². The summed E-state index contributed by atoms with van der Waals surface area (Å²) in [6.45, 7) is 0. The number of rotatable bonds is 12. The van der Waals surface area contributed by atoms with Gasteiger partial charge in [-0.3, -0.25) is 0 Å². The summed E-state index contributed by atoms with van der Waals surface area (Å²) in [7, 11) is -0.761. The van der Waals surface area contributed by atoms with Gasteiger partial charge in [0.25, 0.3) is 0 Å². The molecule has 14 rings (SSSR count). The van der Waals surface area contributed by atoms with Crippen LogP contribution in [0.3, 0.4) is 0 Å². The number of hydrogen-bond acceptors (Lipinski definition) is 4. The lowest BCUT2D eigenvalue weighted by Gasteiger charge is -2.12. The van der Waals surface area contributed by atoms with Gasteiger partial charge in [0.1, 0.15) is 5.75 Å². The van der Waals surface area contributed by atoms with Gasteiger partial charge < -0.3 is 19.7 Å². The Kier molecular flexibility index (Phi) is 25.5. The molecule has 0 heterocycles. The smallest absolute Gasteiger partial charge is 0.537 e. The van der Waals surface area contributed by atoms with E-state index in [1.807, 2.05) is 72.8 Å². The molecule has 0 atom stereocenters. The number of benzene rings is 14. The molecule has 4 nitrogen and oxygen atoms in total. The maximum Gasteiger partial charge on any atom is 0.569 e. The van der Waals surface area contributed by atoms with E-state index in [0.29, 0.717) is 23.9 Å². The fourth-order valence-electron chi connectivity index (χ4n) is 10.4. The fraction of sp³-hybridized carbons (Fsp3) is 0. The molecule has 95 heavy (non-hydrogen) atoms. The monoisotopic (exact) mass is 1420 g/mol. The molecular formula is C84H62B2Br2Cl3O4. The van der Waals surface area contributed by atoms with E-state index in [2.05, 4.69) is 279 Å². The van der Waals surface area contributed by atoms with E-state index in [0.717, 1.165) is 41.2 Å². The molecule has 0 bridgehead atoms. The molecule has 0 aliphatic heterocycles. The molecule has 11 heteroatoms. The first-order valence-corrected chi connectivity index (χ1v) is 33.2. The Morgan fingerprint density at radius 1 is 0.242 bits per heavy atom. The zero-order valence-electron chi connectivity index (χ0n) is 51.4. The molecule has 0 saturated carbocycles. The van der Waals surface area contributed by atoms with Crippen LogP contribution >= 0.6 is 66.7 Å². The minimum absolute atomic E-state index is 0.495. The van der Waals surface area contributed by atoms with Gasteiger partial charge in [-0.25, -0.2) is 0 Å². The quantitative estimate of drug-likeness (QED) is 0.107. The molecule has 0 spiro atoms. The Hall–Kier alpha value is -9.28. The third-order valence-corrected chi connectivity index (χ3v) is 16.7. The highest BCUT2D eigenvalue weighted by molar-refractivity contribution is 9.10. The van der Waals surface area contributed by atoms with E-state index in [-0.39, 0.29) is 0 Å². The normalized spacial score (nSPS) is 10.3. The summed E-state index contributed by atoms with van der Waals surface area (Å²) in [6, 6.07) is 121. The Bertz CT molecular complexity index is 4540. The Morgan fingerprint density at radius 3 is 0.821 bits per heavy atom. The first-order valence-electron chi connectivity index (χ1n) is 30.5. The van der Waals surface area contributed by atoms with Crippen molar-refractivity contribution >= 4 is 86.9 Å². The van der Waals surface area contributed by atoms with E-state index < -0.39 is 7.12 Å². The maximum atomic E-state index is 8.68. The molecule has 0 aliphatic carbocycles. The van der Waals surface area contributed by atoms with E-state index in [9.17, 15) is 0 Å². The lowest BCUT2D eigenvalue weighted by Crippen LogP contribution is -2.29. The molecule has 0 amide bonds. The standard InChI is InChI=1S/C30H21Cl.C24H17Br.C18H13Cl.C6H6BBrO2.C6H5BClO2/c31-30-16-8-15-26(21-30)24-13-7-14-25(17-24)29-19-27(22-9-3-1-4-10-22)18-28(20-29)23-11-5-2-6-12-23;25-24-13-7-12-20(17-24)23-15-21(18-8-3-1-4-9-18)14-22(16-23)19-10-5-2-6-11-19;19-18-12-16(14-7-3-1-4-8-14)11-17(13-18)15-9-5-2-6-10-15;8-6-3-1-2-5(4-6)7(9)10;8-5-2-1-3-6(4-5)10-7-9/h1-21H;1-17H;1-13H;1-4,9-10H;1-4,9H. The lowest BCUT2D eigenvalue weighted by molar-refractivity contribution is 0.425. The third kappa shape index (κ3) is 20.6. The minimum Gasteiger partial charge on any atom is -0.537 e. The van der Waals surface area contributed by atoms with Gasteiger partial charge in [0.05, 0.1) is 0 Å². The van der Waals surface area contributed by atoms with Crippen molar-refractivity contribution in [2.45, 2.75) is 0 Å². The molecule has 0 aromatic heterocycles. The van der Waals surface area contributed by atoms with E-state index in [1.165, 1.54) is 77.9 Å². The summed E-state index contributed by atoms with van der Waals surface area (Å²) in [5.41, 5.74) is 22.0. The van der Waals surface area contributed by atoms with E-state index in [4.69, 9.17) is 49.9 Å². The van der Waals surface area contributed by atoms with Crippen LogP contribution in [0.1, 0.15) is 0 Å². The molecule has 0 fully saturated rings. The number of hydrogen-bond donors (Lipinski definition) is 3. The second-order valence-corrected chi connectivity index (χ2v) is 24.9. The van der Waals surface area contributed by atoms with E-state index in [1.54, 1.807) is 42.5 Å². The predicted molar refractivity (Wildman–Crippen MR) is 410 cm³/mol. The minimum atomic E-state index is -1.38. The zero-order valence-corrected chi connectivity index (χ0v) is 56.8. The highest BCUT2D eigenvalue weighted by Crippen LogP contribution is 2.37. The van der Waals surface area contributed by atoms with Gasteiger partial charge in [-0.15, -0.1) is 0 Å². The SMILES string of the molecule is Brc1cccc(-c2cc(-c3ccccc3)cc(-c3ccccc3)c2)c1.Clc1cc(-c2ccccc2)cc(-c2ccccc2)c1.Clc1cccc(-c2cccc(-c3cc(-c4ccccc4)cc(-c4ccccc4)c3)c2)c1.OB(O)c1cccc(Br)c1.O[B]Oc1cccc(Cl)c1. The fourth-order valence-corrected chi connectivity index (χ4v) is 11.9. The molecule has 463 valence electrons. The second kappa shape index (κ2) is 35.3. The highest BCUT2D eigenvalue weighted by Gasteiger charge is 2.12. The molecule has 0 saturated heterocycles. The van der Waals surface area contributed by atoms with Crippen LogP contribution in [0.15, 0.2) is 367 Å². The van der Waals surface area contributed by atoms with Crippen LogP contribution in [0, 0.1) is 0 Å². The van der Waals surface area contributed by atoms with Crippen LogP contribution in [0.25, 0.3) is 100 Å². The van der Waals surface area contributed by atoms with E-state index >= 15 is 0 Å². The van der Waals surface area contributed by atoms with Crippen molar-refractivity contribution in [1.82, 2.24) is 0 Å². The molecule has 1 radical (unpaired) electrons. The third-order valence-electron chi connectivity index (χ3n) is 15.1. The van der Waals surface area contributed by atoms with Crippen molar-refractivity contribution in [2.75, 3.05) is 0 Å². The largest absolute Gasteiger partial charge is 0.569 e. The van der Waals surface area contributed by atoms with Gasteiger partial charge >= 0.3 is 14.8 Å². The van der Waals surface area contributed by atoms with Crippen molar-refractivity contribution in [3.05, 3.63) is 382 Å². The second-order valence-electron chi connectivity index (χ2n) is 21.7. The summed E-state index contributed by atoms with van der Waals surface area (Å²) in [5.74, 6) is 0.523. The Balaban J connectivity index is 0.000000138. The van der Waals surface area contributed by atoms with Crippen LogP contribution in [0.4, 0.5) is 0 Å². The summed E-state index contributed by atoms with van der Waals surface area (Å²) >= 11 is 24.9. The molecular weight excluding hydrogens is 1360 g/mol. The summed E-state index contributed by atoms with van der Waals surface area (Å²) in [5, 5.41) is 27.7. The van der Waals surface area contributed by atoms with Crippen LogP contribution in [0.5, 0.6) is 5.75 Å². The molecule has 14 aromatic rings. The average molecular weight is 1420 g/mol.